The maximum atomic E-state index is 4.74. The summed E-state index contributed by atoms with van der Waals surface area (Å²) in [5.41, 5.74) is 0. The van der Waals surface area contributed by atoms with Gasteiger partial charge in [-0.1, -0.05) is 10.3 Å². The van der Waals surface area contributed by atoms with E-state index in [4.69, 9.17) is 5.84 Å². The molecule has 0 unspecified atom stereocenters. The van der Waals surface area contributed by atoms with E-state index in [2.05, 4.69) is 25.5 Å². The lowest BCUT2D eigenvalue weighted by Gasteiger charge is -1.73. The van der Waals surface area contributed by atoms with Gasteiger partial charge in [0, 0.05) is 0 Å². The number of aromatic amines is 1. The molecule has 6 heteroatoms. The van der Waals surface area contributed by atoms with E-state index in [1.807, 2.05) is 0 Å². The average Bonchev–Trinajstić information content (AvgIpc) is 2.17. The molecule has 9 heavy (non-hydrogen) atoms. The summed E-state index contributed by atoms with van der Waals surface area (Å²) in [6, 6.07) is 0. The smallest absolute Gasteiger partial charge is 0.266 e. The molecule has 0 amide bonds. The second-order valence-electron chi connectivity index (χ2n) is 1.42. The number of hydrogen-bond acceptors (Lipinski definition) is 4. The Morgan fingerprint density at radius 1 is 1.67 bits per heavy atom. The van der Waals surface area contributed by atoms with Gasteiger partial charge >= 0.3 is 0 Å². The molecular weight excluding hydrogens is 120 g/mol. The highest BCUT2D eigenvalue weighted by atomic mass is 15.4. The first-order valence-electron chi connectivity index (χ1n) is 2.33. The Kier molecular flexibility index (Phi) is 1.39. The minimum atomic E-state index is 0.329. The van der Waals surface area contributed by atoms with Gasteiger partial charge in [-0.25, -0.2) is 5.10 Å². The van der Waals surface area contributed by atoms with Gasteiger partial charge in [0.25, 0.3) is 5.95 Å². The van der Waals surface area contributed by atoms with Crippen molar-refractivity contribution in [2.75, 3.05) is 0 Å². The summed E-state index contributed by atoms with van der Waals surface area (Å²) in [6.07, 6.45) is 0. The summed E-state index contributed by atoms with van der Waals surface area (Å²) < 4.78 is 0. The van der Waals surface area contributed by atoms with E-state index in [0.717, 1.165) is 0 Å². The molecule has 1 rings (SSSR count). The fourth-order valence-electron chi connectivity index (χ4n) is 0.434. The first-order chi connectivity index (χ1) is 4.33. The molecule has 1 heterocycles. The molecule has 0 spiro atoms. The molecule has 0 aliphatic carbocycles. The lowest BCUT2D eigenvalue weighted by Crippen LogP contribution is -1.74. The molecule has 6 nitrogen and oxygen atoms in total. The molecule has 0 saturated heterocycles. The molecule has 48 valence electrons. The number of aromatic nitrogens is 3. The zero-order chi connectivity index (χ0) is 6.69. The molecular formula is C3H6N6. The number of aryl methyl sites for hydroxylation is 1. The Labute approximate surface area is 51.2 Å². The summed E-state index contributed by atoms with van der Waals surface area (Å²) in [4.78, 5) is 3.79. The predicted octanol–water partition coefficient (Wildman–Crippen LogP) is 0.0705. The van der Waals surface area contributed by atoms with E-state index in [-0.39, 0.29) is 0 Å². The van der Waals surface area contributed by atoms with Gasteiger partial charge in [-0.2, -0.15) is 10.1 Å². The van der Waals surface area contributed by atoms with Gasteiger partial charge in [-0.3, -0.25) is 0 Å². The minimum absolute atomic E-state index is 0.329. The number of H-pyrrole nitrogens is 1. The van der Waals surface area contributed by atoms with Crippen LogP contribution in [0.5, 0.6) is 0 Å². The molecule has 0 aromatic carbocycles. The number of nitrogens with zero attached hydrogens (tertiary/aromatic N) is 4. The molecule has 0 fully saturated rings. The van der Waals surface area contributed by atoms with Crippen molar-refractivity contribution in [3.8, 4) is 0 Å². The van der Waals surface area contributed by atoms with Crippen LogP contribution in [0.15, 0.2) is 10.3 Å². The van der Waals surface area contributed by atoms with Gasteiger partial charge in [0.15, 0.2) is 0 Å². The molecule has 0 radical (unpaired) electrons. The van der Waals surface area contributed by atoms with Crippen LogP contribution in [0.4, 0.5) is 5.95 Å². The van der Waals surface area contributed by atoms with Crippen LogP contribution in [0.25, 0.3) is 0 Å². The lowest BCUT2D eigenvalue weighted by molar-refractivity contribution is 0.988. The van der Waals surface area contributed by atoms with Crippen LogP contribution in [-0.2, 0) is 0 Å². The maximum Gasteiger partial charge on any atom is 0.266 e. The zero-order valence-corrected chi connectivity index (χ0v) is 4.87. The Bertz CT molecular complexity index is 212. The molecule has 0 saturated carbocycles. The van der Waals surface area contributed by atoms with Crippen molar-refractivity contribution in [3.63, 3.8) is 0 Å². The number of nitrogens with two attached hydrogens (primary N) is 1. The summed E-state index contributed by atoms with van der Waals surface area (Å²) in [7, 11) is 0. The Morgan fingerprint density at radius 2 is 2.44 bits per heavy atom. The number of rotatable bonds is 1. The van der Waals surface area contributed by atoms with Crippen molar-refractivity contribution >= 4 is 5.95 Å². The van der Waals surface area contributed by atoms with Crippen LogP contribution < -0.4 is 5.84 Å². The maximum absolute atomic E-state index is 4.74. The quantitative estimate of drug-likeness (QED) is 0.317. The van der Waals surface area contributed by atoms with E-state index in [0.29, 0.717) is 11.8 Å². The Balaban J connectivity index is 2.85. The van der Waals surface area contributed by atoms with E-state index >= 15 is 0 Å². The summed E-state index contributed by atoms with van der Waals surface area (Å²) >= 11 is 0. The third-order valence-electron chi connectivity index (χ3n) is 0.738. The van der Waals surface area contributed by atoms with Crippen molar-refractivity contribution in [1.29, 1.82) is 0 Å². The van der Waals surface area contributed by atoms with E-state index < -0.39 is 0 Å². The van der Waals surface area contributed by atoms with Crippen molar-refractivity contribution in [2.45, 2.75) is 6.92 Å². The second-order valence-corrected chi connectivity index (χ2v) is 1.42. The van der Waals surface area contributed by atoms with Crippen LogP contribution >= 0.6 is 0 Å². The van der Waals surface area contributed by atoms with Gasteiger partial charge in [0.05, 0.1) is 0 Å². The van der Waals surface area contributed by atoms with E-state index in [1.54, 1.807) is 6.92 Å². The van der Waals surface area contributed by atoms with Gasteiger partial charge < -0.3 is 5.84 Å². The highest BCUT2D eigenvalue weighted by Gasteiger charge is 1.92. The first-order valence-corrected chi connectivity index (χ1v) is 2.33. The molecule has 0 aliphatic heterocycles. The summed E-state index contributed by atoms with van der Waals surface area (Å²) in [5, 5.41) is 12.6. The third kappa shape index (κ3) is 1.21. The van der Waals surface area contributed by atoms with Gasteiger partial charge in [0.1, 0.15) is 5.82 Å². The lowest BCUT2D eigenvalue weighted by atomic mass is 10.8. The van der Waals surface area contributed by atoms with Crippen molar-refractivity contribution < 1.29 is 0 Å². The van der Waals surface area contributed by atoms with Crippen LogP contribution in [0.3, 0.4) is 0 Å². The second kappa shape index (κ2) is 2.21. The summed E-state index contributed by atoms with van der Waals surface area (Å²) in [6.45, 7) is 1.74. The zero-order valence-electron chi connectivity index (χ0n) is 4.87. The Morgan fingerprint density at radius 3 is 2.89 bits per heavy atom. The van der Waals surface area contributed by atoms with Gasteiger partial charge in [0.2, 0.25) is 0 Å². The fraction of sp³-hybridized carbons (Fsp3) is 0.333. The number of nitrogens with one attached hydrogen (secondary N) is 1. The van der Waals surface area contributed by atoms with Crippen LogP contribution in [0.1, 0.15) is 5.82 Å². The van der Waals surface area contributed by atoms with Crippen LogP contribution in [0.2, 0.25) is 0 Å². The van der Waals surface area contributed by atoms with E-state index in [9.17, 15) is 0 Å². The van der Waals surface area contributed by atoms with Gasteiger partial charge in [-0.05, 0) is 6.92 Å². The molecule has 3 N–H and O–H groups in total. The van der Waals surface area contributed by atoms with Crippen molar-refractivity contribution in [1.82, 2.24) is 15.2 Å². The minimum Gasteiger partial charge on any atom is -0.304 e. The SMILES string of the molecule is Cc1n[nH]c(N=NN)n1. The van der Waals surface area contributed by atoms with Crippen molar-refractivity contribution in [2.24, 2.45) is 16.2 Å². The third-order valence-corrected chi connectivity index (χ3v) is 0.738. The van der Waals surface area contributed by atoms with Crippen molar-refractivity contribution in [3.05, 3.63) is 5.82 Å². The molecule has 0 atom stereocenters. The normalized spacial score (nSPS) is 10.8. The highest BCUT2D eigenvalue weighted by molar-refractivity contribution is 5.09. The Hall–Kier alpha value is -1.46. The first kappa shape index (κ1) is 5.67. The molecule has 0 bridgehead atoms. The topological polar surface area (TPSA) is 92.3 Å². The fourth-order valence-corrected chi connectivity index (χ4v) is 0.434. The predicted molar refractivity (Wildman–Crippen MR) is 29.8 cm³/mol. The van der Waals surface area contributed by atoms with Crippen LogP contribution in [-0.4, -0.2) is 15.2 Å². The summed E-state index contributed by atoms with van der Waals surface area (Å²) in [5.74, 6) is 5.69. The molecule has 1 aromatic rings. The largest absolute Gasteiger partial charge is 0.304 e. The average molecular weight is 126 g/mol. The van der Waals surface area contributed by atoms with E-state index in [1.165, 1.54) is 0 Å². The molecule has 0 aliphatic rings. The van der Waals surface area contributed by atoms with Crippen LogP contribution in [0, 0.1) is 6.92 Å². The monoisotopic (exact) mass is 126 g/mol. The number of hydrogen-bond donors (Lipinski definition) is 2. The molecule has 1 aromatic heterocycles. The van der Waals surface area contributed by atoms with Gasteiger partial charge in [-0.15, -0.1) is 0 Å². The standard InChI is InChI=1S/C3H6N6/c1-2-5-3(7-6-2)8-9-4/h1H3,(H3,4,5,6,7,8). The highest BCUT2D eigenvalue weighted by Crippen LogP contribution is 1.99.